The molecule has 0 saturated heterocycles. The molecular formula is C21H20N2O5. The first kappa shape index (κ1) is 18.0. The fraction of sp³-hybridized carbons (Fsp3) is 0.286. The van der Waals surface area contributed by atoms with E-state index < -0.39 is 5.97 Å². The number of fused-ring (bicyclic) bond motifs is 5. The highest BCUT2D eigenvalue weighted by Crippen LogP contribution is 2.40. The molecule has 3 heterocycles. The number of aldehydes is 1. The molecule has 1 aromatic carbocycles. The molecule has 1 aliphatic rings. The molecule has 1 N–H and O–H groups in total. The lowest BCUT2D eigenvalue weighted by molar-refractivity contribution is 0.0596. The number of nitrogens with zero attached hydrogens (tertiary/aromatic N) is 1. The van der Waals surface area contributed by atoms with Crippen LogP contribution in [0.1, 0.15) is 38.8 Å². The van der Waals surface area contributed by atoms with Crippen LogP contribution in [0, 0.1) is 0 Å². The molecule has 0 atom stereocenters. The summed E-state index contributed by atoms with van der Waals surface area (Å²) in [7, 11) is 2.85. The number of ether oxygens (including phenoxy) is 2. The van der Waals surface area contributed by atoms with Gasteiger partial charge in [-0.15, -0.1) is 0 Å². The zero-order valence-corrected chi connectivity index (χ0v) is 15.9. The molecule has 1 aliphatic heterocycles. The van der Waals surface area contributed by atoms with E-state index in [-0.39, 0.29) is 16.7 Å². The van der Waals surface area contributed by atoms with Gasteiger partial charge in [0.15, 0.2) is 6.29 Å². The smallest absolute Gasteiger partial charge is 0.339 e. The number of aryl methyl sites for hydroxylation is 1. The average molecular weight is 380 g/mol. The number of hydrogen-bond donors (Lipinski definition) is 1. The Labute approximate surface area is 160 Å². The Hall–Kier alpha value is -3.35. The minimum Gasteiger partial charge on any atom is -0.496 e. The van der Waals surface area contributed by atoms with Crippen molar-refractivity contribution in [1.29, 1.82) is 0 Å². The number of pyridine rings is 1. The first-order chi connectivity index (χ1) is 13.6. The summed E-state index contributed by atoms with van der Waals surface area (Å²) < 4.78 is 12.0. The normalized spacial score (nSPS) is 12.4. The van der Waals surface area contributed by atoms with Gasteiger partial charge in [-0.3, -0.25) is 9.59 Å². The summed E-state index contributed by atoms with van der Waals surface area (Å²) in [6, 6.07) is 5.66. The van der Waals surface area contributed by atoms with Crippen molar-refractivity contribution in [3.63, 3.8) is 0 Å². The van der Waals surface area contributed by atoms with Crippen molar-refractivity contribution < 1.29 is 19.1 Å². The van der Waals surface area contributed by atoms with E-state index in [1.165, 1.54) is 7.11 Å². The number of methoxy groups -OCH3 is 2. The van der Waals surface area contributed by atoms with Gasteiger partial charge in [0, 0.05) is 23.0 Å². The van der Waals surface area contributed by atoms with E-state index in [4.69, 9.17) is 9.47 Å². The molecule has 0 saturated carbocycles. The third kappa shape index (κ3) is 2.32. The van der Waals surface area contributed by atoms with Crippen LogP contribution in [0.15, 0.2) is 23.0 Å². The maximum atomic E-state index is 13.1. The van der Waals surface area contributed by atoms with Crippen molar-refractivity contribution in [2.24, 2.45) is 0 Å². The van der Waals surface area contributed by atoms with Crippen molar-refractivity contribution in [3.05, 3.63) is 50.8 Å². The summed E-state index contributed by atoms with van der Waals surface area (Å²) >= 11 is 0. The number of rotatable bonds is 4. The molecule has 7 nitrogen and oxygen atoms in total. The second-order valence-corrected chi connectivity index (χ2v) is 6.65. The molecule has 0 unspecified atom stereocenters. The summed E-state index contributed by atoms with van der Waals surface area (Å²) in [6.45, 7) is 2.20. The summed E-state index contributed by atoms with van der Waals surface area (Å²) in [5.74, 6) is 0.0390. The third-order valence-corrected chi connectivity index (χ3v) is 5.39. The number of esters is 1. The van der Waals surface area contributed by atoms with Crippen molar-refractivity contribution >= 4 is 23.2 Å². The Balaban J connectivity index is 2.16. The van der Waals surface area contributed by atoms with E-state index in [9.17, 15) is 14.4 Å². The molecule has 0 radical (unpaired) electrons. The van der Waals surface area contributed by atoms with Gasteiger partial charge in [0.1, 0.15) is 5.75 Å². The minimum absolute atomic E-state index is 0.0507. The number of carbonyl (C=O) groups excluding carboxylic acids is 2. The Bertz CT molecular complexity index is 1190. The second-order valence-electron chi connectivity index (χ2n) is 6.65. The molecule has 3 aromatic rings. The standard InChI is InChI=1S/C21H20N2O5/c1-4-11-16(21(26)28-3)13(10-24)19-18-12(8-9-23(19)20(11)25)17-14(22-18)6-5-7-15(17)27-2/h5-7,10,22H,4,8-9H2,1-3H3. The van der Waals surface area contributed by atoms with Crippen LogP contribution in [-0.2, 0) is 24.1 Å². The van der Waals surface area contributed by atoms with Crippen LogP contribution in [0.5, 0.6) is 5.75 Å². The molecule has 7 heteroatoms. The van der Waals surface area contributed by atoms with Crippen LogP contribution >= 0.6 is 0 Å². The molecule has 0 amide bonds. The maximum absolute atomic E-state index is 13.1. The molecule has 0 aliphatic carbocycles. The van der Waals surface area contributed by atoms with Crippen LogP contribution in [0.2, 0.25) is 0 Å². The van der Waals surface area contributed by atoms with E-state index in [1.807, 2.05) is 18.2 Å². The Morgan fingerprint density at radius 3 is 2.75 bits per heavy atom. The second kappa shape index (κ2) is 6.67. The Kier molecular flexibility index (Phi) is 4.30. The maximum Gasteiger partial charge on any atom is 0.339 e. The number of carbonyl (C=O) groups is 2. The first-order valence-corrected chi connectivity index (χ1v) is 9.08. The lowest BCUT2D eigenvalue weighted by atomic mass is 9.93. The van der Waals surface area contributed by atoms with Crippen LogP contribution in [0.4, 0.5) is 0 Å². The number of benzene rings is 1. The van der Waals surface area contributed by atoms with E-state index in [1.54, 1.807) is 18.6 Å². The number of hydrogen-bond acceptors (Lipinski definition) is 5. The molecule has 4 rings (SSSR count). The quantitative estimate of drug-likeness (QED) is 0.555. The molecule has 2 aromatic heterocycles. The Morgan fingerprint density at radius 2 is 2.11 bits per heavy atom. The fourth-order valence-corrected chi connectivity index (χ4v) is 4.19. The largest absolute Gasteiger partial charge is 0.496 e. The summed E-state index contributed by atoms with van der Waals surface area (Å²) in [5, 5.41) is 0.926. The molecule has 28 heavy (non-hydrogen) atoms. The van der Waals surface area contributed by atoms with Crippen molar-refractivity contribution in [3.8, 4) is 17.1 Å². The van der Waals surface area contributed by atoms with Crippen molar-refractivity contribution in [2.45, 2.75) is 26.3 Å². The average Bonchev–Trinajstić information content (AvgIpc) is 3.11. The SMILES string of the molecule is CCc1c(C(=O)OC)c(C=O)c2n(c1=O)CCc1c-2[nH]c2cccc(OC)c12. The van der Waals surface area contributed by atoms with Crippen molar-refractivity contribution in [2.75, 3.05) is 14.2 Å². The Morgan fingerprint density at radius 1 is 1.32 bits per heavy atom. The van der Waals surface area contributed by atoms with E-state index in [2.05, 4.69) is 4.98 Å². The van der Waals surface area contributed by atoms with Crippen LogP contribution in [0.25, 0.3) is 22.3 Å². The summed E-state index contributed by atoms with van der Waals surface area (Å²) in [4.78, 5) is 40.9. The van der Waals surface area contributed by atoms with Gasteiger partial charge in [0.2, 0.25) is 0 Å². The highest BCUT2D eigenvalue weighted by atomic mass is 16.5. The zero-order chi connectivity index (χ0) is 20.0. The van der Waals surface area contributed by atoms with E-state index in [0.717, 1.165) is 22.2 Å². The number of aromatic amines is 1. The lowest BCUT2D eigenvalue weighted by Gasteiger charge is -2.23. The van der Waals surface area contributed by atoms with Gasteiger partial charge in [-0.25, -0.2) is 4.79 Å². The molecular weight excluding hydrogens is 360 g/mol. The van der Waals surface area contributed by atoms with Gasteiger partial charge in [0.05, 0.1) is 36.7 Å². The molecule has 144 valence electrons. The van der Waals surface area contributed by atoms with E-state index >= 15 is 0 Å². The van der Waals surface area contributed by atoms with Gasteiger partial charge >= 0.3 is 5.97 Å². The van der Waals surface area contributed by atoms with Gasteiger partial charge in [-0.2, -0.15) is 0 Å². The summed E-state index contributed by atoms with van der Waals surface area (Å²) in [6.07, 6.45) is 1.58. The monoisotopic (exact) mass is 380 g/mol. The highest BCUT2D eigenvalue weighted by Gasteiger charge is 2.31. The molecule has 0 bridgehead atoms. The number of H-pyrrole nitrogens is 1. The van der Waals surface area contributed by atoms with Gasteiger partial charge in [-0.1, -0.05) is 13.0 Å². The lowest BCUT2D eigenvalue weighted by Crippen LogP contribution is -2.33. The van der Waals surface area contributed by atoms with Crippen molar-refractivity contribution in [1.82, 2.24) is 9.55 Å². The third-order valence-electron chi connectivity index (χ3n) is 5.39. The molecule has 0 fully saturated rings. The van der Waals surface area contributed by atoms with E-state index in [0.29, 0.717) is 42.6 Å². The molecule has 0 spiro atoms. The number of aromatic nitrogens is 2. The summed E-state index contributed by atoms with van der Waals surface area (Å²) in [5.41, 5.74) is 3.17. The first-order valence-electron chi connectivity index (χ1n) is 9.08. The topological polar surface area (TPSA) is 90.4 Å². The van der Waals surface area contributed by atoms with Crippen LogP contribution in [0.3, 0.4) is 0 Å². The number of nitrogens with one attached hydrogen (secondary N) is 1. The highest BCUT2D eigenvalue weighted by molar-refractivity contribution is 6.05. The zero-order valence-electron chi connectivity index (χ0n) is 15.9. The van der Waals surface area contributed by atoms with Gasteiger partial charge < -0.3 is 19.0 Å². The van der Waals surface area contributed by atoms with Crippen LogP contribution < -0.4 is 10.3 Å². The van der Waals surface area contributed by atoms with Gasteiger partial charge in [0.25, 0.3) is 5.56 Å². The van der Waals surface area contributed by atoms with Crippen LogP contribution in [-0.4, -0.2) is 36.0 Å². The van der Waals surface area contributed by atoms with Gasteiger partial charge in [-0.05, 0) is 30.5 Å². The predicted octanol–water partition coefficient (Wildman–Crippen LogP) is 2.72. The predicted molar refractivity (Wildman–Crippen MR) is 104 cm³/mol. The fourth-order valence-electron chi connectivity index (χ4n) is 4.19. The minimum atomic E-state index is -0.680.